The smallest absolute Gasteiger partial charge is 0.326 e. The van der Waals surface area contributed by atoms with Gasteiger partial charge in [-0.25, -0.2) is 4.79 Å². The van der Waals surface area contributed by atoms with Gasteiger partial charge < -0.3 is 14.7 Å². The first-order chi connectivity index (χ1) is 8.09. The number of aliphatic carboxylic acids is 1. The second-order valence-corrected chi connectivity index (χ2v) is 4.95. The molecule has 17 heavy (non-hydrogen) atoms. The molecule has 1 N–H and O–H groups in total. The molecule has 0 aromatic carbocycles. The van der Waals surface area contributed by atoms with Crippen LogP contribution < -0.4 is 0 Å². The summed E-state index contributed by atoms with van der Waals surface area (Å²) in [6.07, 6.45) is 3.16. The Labute approximate surface area is 101 Å². The van der Waals surface area contributed by atoms with Gasteiger partial charge in [-0.2, -0.15) is 0 Å². The lowest BCUT2D eigenvalue weighted by molar-refractivity contribution is -0.153. The fraction of sp³-hybridized carbons (Fsp3) is 0.833. The molecule has 0 unspecified atom stereocenters. The molecule has 0 bridgehead atoms. The Bertz CT molecular complexity index is 314. The molecule has 2 fully saturated rings. The summed E-state index contributed by atoms with van der Waals surface area (Å²) in [7, 11) is 0. The monoisotopic (exact) mass is 241 g/mol. The molecule has 2 atom stereocenters. The van der Waals surface area contributed by atoms with Gasteiger partial charge in [-0.1, -0.05) is 0 Å². The Hall–Kier alpha value is -1.10. The zero-order valence-electron chi connectivity index (χ0n) is 10.1. The summed E-state index contributed by atoms with van der Waals surface area (Å²) in [5.74, 6) is -0.486. The molecule has 1 saturated carbocycles. The number of hydrogen-bond donors (Lipinski definition) is 1. The van der Waals surface area contributed by atoms with Crippen LogP contribution in [0.2, 0.25) is 0 Å². The normalized spacial score (nSPS) is 25.9. The molecule has 2 aliphatic rings. The van der Waals surface area contributed by atoms with Gasteiger partial charge in [0.15, 0.2) is 0 Å². The molecule has 1 aliphatic carbocycles. The van der Waals surface area contributed by atoms with Crippen molar-refractivity contribution in [2.24, 2.45) is 5.92 Å². The topological polar surface area (TPSA) is 66.8 Å². The molecule has 5 heteroatoms. The zero-order chi connectivity index (χ0) is 12.4. The summed E-state index contributed by atoms with van der Waals surface area (Å²) < 4.78 is 5.48. The Kier molecular flexibility index (Phi) is 3.66. The number of ether oxygens (including phenoxy) is 1. The van der Waals surface area contributed by atoms with E-state index in [0.717, 1.165) is 6.42 Å². The average Bonchev–Trinajstić information content (AvgIpc) is 2.99. The van der Waals surface area contributed by atoms with Crippen LogP contribution in [0.3, 0.4) is 0 Å². The summed E-state index contributed by atoms with van der Waals surface area (Å²) in [5.41, 5.74) is 0. The van der Waals surface area contributed by atoms with Crippen molar-refractivity contribution in [2.45, 2.75) is 44.8 Å². The largest absolute Gasteiger partial charge is 0.480 e. The minimum absolute atomic E-state index is 0.185. The summed E-state index contributed by atoms with van der Waals surface area (Å²) in [5, 5.41) is 9.01. The number of carbonyl (C=O) groups excluding carboxylic acids is 1. The number of rotatable bonds is 5. The predicted octanol–water partition coefficient (Wildman–Crippen LogP) is 0.877. The minimum atomic E-state index is -0.912. The molecule has 5 nitrogen and oxygen atoms in total. The molecule has 96 valence electrons. The summed E-state index contributed by atoms with van der Waals surface area (Å²) in [4.78, 5) is 24.5. The Balaban J connectivity index is 1.86. The third kappa shape index (κ3) is 2.97. The van der Waals surface area contributed by atoms with Crippen molar-refractivity contribution in [3.63, 3.8) is 0 Å². The maximum absolute atomic E-state index is 12.0. The maximum Gasteiger partial charge on any atom is 0.326 e. The molecule has 0 spiro atoms. The maximum atomic E-state index is 12.0. The van der Waals surface area contributed by atoms with Crippen LogP contribution in [0.4, 0.5) is 0 Å². The summed E-state index contributed by atoms with van der Waals surface area (Å²) >= 11 is 0. The number of nitrogens with zero attached hydrogens (tertiary/aromatic N) is 1. The molecule has 2 rings (SSSR count). The molecule has 1 amide bonds. The van der Waals surface area contributed by atoms with Crippen molar-refractivity contribution < 1.29 is 19.4 Å². The lowest BCUT2D eigenvalue weighted by Gasteiger charge is -2.24. The third-order valence-corrected chi connectivity index (χ3v) is 3.45. The van der Waals surface area contributed by atoms with Gasteiger partial charge in [0, 0.05) is 6.54 Å². The van der Waals surface area contributed by atoms with Gasteiger partial charge >= 0.3 is 5.97 Å². The first-order valence-corrected chi connectivity index (χ1v) is 6.24. The summed E-state index contributed by atoms with van der Waals surface area (Å²) in [6, 6.07) is -0.658. The van der Waals surface area contributed by atoms with Crippen LogP contribution in [0.25, 0.3) is 0 Å². The second kappa shape index (κ2) is 5.04. The number of carboxylic acid groups (broad SMARTS) is 1. The van der Waals surface area contributed by atoms with Gasteiger partial charge in [-0.05, 0) is 38.5 Å². The van der Waals surface area contributed by atoms with Crippen LogP contribution in [-0.2, 0) is 14.3 Å². The lowest BCUT2D eigenvalue weighted by Crippen LogP contribution is -2.45. The molecule has 1 heterocycles. The quantitative estimate of drug-likeness (QED) is 0.775. The van der Waals surface area contributed by atoms with Gasteiger partial charge in [-0.3, -0.25) is 4.79 Å². The number of hydrogen-bond acceptors (Lipinski definition) is 3. The number of amides is 1. The van der Waals surface area contributed by atoms with Crippen molar-refractivity contribution in [2.75, 3.05) is 13.2 Å². The van der Waals surface area contributed by atoms with Gasteiger partial charge in [0.25, 0.3) is 5.91 Å². The van der Waals surface area contributed by atoms with E-state index in [1.807, 2.05) is 0 Å². The molecular formula is C12H19NO4. The van der Waals surface area contributed by atoms with Crippen LogP contribution >= 0.6 is 0 Å². The van der Waals surface area contributed by atoms with E-state index >= 15 is 0 Å². The Morgan fingerprint density at radius 2 is 2.12 bits per heavy atom. The molecule has 0 aromatic heterocycles. The fourth-order valence-electron chi connectivity index (χ4n) is 2.16. The van der Waals surface area contributed by atoms with Crippen molar-refractivity contribution in [1.82, 2.24) is 4.90 Å². The number of carbonyl (C=O) groups is 2. The highest BCUT2D eigenvalue weighted by molar-refractivity contribution is 5.86. The van der Waals surface area contributed by atoms with Crippen molar-refractivity contribution >= 4 is 11.9 Å². The third-order valence-electron chi connectivity index (χ3n) is 3.45. The highest BCUT2D eigenvalue weighted by Crippen LogP contribution is 2.29. The van der Waals surface area contributed by atoms with Crippen molar-refractivity contribution in [1.29, 1.82) is 0 Å². The molecule has 1 aliphatic heterocycles. The molecule has 1 saturated heterocycles. The van der Waals surface area contributed by atoms with Gasteiger partial charge in [0.05, 0.1) is 6.61 Å². The average molecular weight is 241 g/mol. The van der Waals surface area contributed by atoms with E-state index in [4.69, 9.17) is 9.84 Å². The van der Waals surface area contributed by atoms with E-state index in [-0.39, 0.29) is 5.91 Å². The van der Waals surface area contributed by atoms with Crippen LogP contribution in [0.5, 0.6) is 0 Å². The van der Waals surface area contributed by atoms with E-state index in [0.29, 0.717) is 25.5 Å². The SMILES string of the molecule is C[C@@H](OCC1CC1)C(=O)N1CCC[C@@H]1C(=O)O. The van der Waals surface area contributed by atoms with Crippen LogP contribution in [0.15, 0.2) is 0 Å². The van der Waals surface area contributed by atoms with Crippen LogP contribution in [0.1, 0.15) is 32.6 Å². The number of likely N-dealkylation sites (tertiary alicyclic amines) is 1. The summed E-state index contributed by atoms with van der Waals surface area (Å²) in [6.45, 7) is 2.87. The van der Waals surface area contributed by atoms with Gasteiger partial charge in [0.1, 0.15) is 12.1 Å². The highest BCUT2D eigenvalue weighted by atomic mass is 16.5. The van der Waals surface area contributed by atoms with E-state index in [2.05, 4.69) is 0 Å². The van der Waals surface area contributed by atoms with Gasteiger partial charge in [-0.15, -0.1) is 0 Å². The standard InChI is InChI=1S/C12H19NO4/c1-8(17-7-9-4-5-9)11(14)13-6-2-3-10(13)12(15)16/h8-10H,2-7H2,1H3,(H,15,16)/t8-,10-/m1/s1. The van der Waals surface area contributed by atoms with Crippen molar-refractivity contribution in [3.05, 3.63) is 0 Å². The van der Waals surface area contributed by atoms with E-state index in [9.17, 15) is 9.59 Å². The molecule has 0 aromatic rings. The first-order valence-electron chi connectivity index (χ1n) is 6.24. The zero-order valence-corrected chi connectivity index (χ0v) is 10.1. The lowest BCUT2D eigenvalue weighted by atomic mass is 10.2. The fourth-order valence-corrected chi connectivity index (χ4v) is 2.16. The first kappa shape index (κ1) is 12.4. The van der Waals surface area contributed by atoms with Crippen molar-refractivity contribution in [3.8, 4) is 0 Å². The second-order valence-electron chi connectivity index (χ2n) is 4.95. The van der Waals surface area contributed by atoms with E-state index in [1.54, 1.807) is 6.92 Å². The van der Waals surface area contributed by atoms with Crippen LogP contribution in [-0.4, -0.2) is 47.2 Å². The Morgan fingerprint density at radius 3 is 2.71 bits per heavy atom. The van der Waals surface area contributed by atoms with Crippen LogP contribution in [0, 0.1) is 5.92 Å². The molecule has 0 radical (unpaired) electrons. The molecular weight excluding hydrogens is 222 g/mol. The van der Waals surface area contributed by atoms with Gasteiger partial charge in [0.2, 0.25) is 0 Å². The number of carboxylic acids is 1. The highest BCUT2D eigenvalue weighted by Gasteiger charge is 2.36. The van der Waals surface area contributed by atoms with E-state index in [1.165, 1.54) is 17.7 Å². The minimum Gasteiger partial charge on any atom is -0.480 e. The Morgan fingerprint density at radius 1 is 1.41 bits per heavy atom. The predicted molar refractivity (Wildman–Crippen MR) is 60.5 cm³/mol. The van der Waals surface area contributed by atoms with E-state index < -0.39 is 18.1 Å².